The van der Waals surface area contributed by atoms with Crippen molar-refractivity contribution in [2.24, 2.45) is 0 Å². The van der Waals surface area contributed by atoms with E-state index in [2.05, 4.69) is 76.0 Å². The monoisotopic (exact) mass is 1000 g/mol. The number of esters is 3. The molecule has 1 aromatic rings. The van der Waals surface area contributed by atoms with Gasteiger partial charge in [-0.3, -0.25) is 19.3 Å². The van der Waals surface area contributed by atoms with Crippen molar-refractivity contribution in [3.8, 4) is 0 Å². The van der Waals surface area contributed by atoms with Gasteiger partial charge in [0.2, 0.25) is 0 Å². The van der Waals surface area contributed by atoms with Crippen molar-refractivity contribution in [2.45, 2.75) is 324 Å². The summed E-state index contributed by atoms with van der Waals surface area (Å²) in [5.41, 5.74) is 0. The van der Waals surface area contributed by atoms with Crippen molar-refractivity contribution in [2.75, 3.05) is 32.7 Å². The number of unbranched alkanes of at least 4 members (excludes halogenated alkanes) is 21. The number of imidazole rings is 1. The summed E-state index contributed by atoms with van der Waals surface area (Å²) in [7, 11) is 0. The number of nitrogens with zero attached hydrogens (tertiary/aromatic N) is 4. The second kappa shape index (κ2) is 47.3. The van der Waals surface area contributed by atoms with E-state index in [1.165, 1.54) is 116 Å². The van der Waals surface area contributed by atoms with Crippen LogP contribution in [0.2, 0.25) is 0 Å². The van der Waals surface area contributed by atoms with Crippen molar-refractivity contribution in [3.05, 3.63) is 18.2 Å². The van der Waals surface area contributed by atoms with Gasteiger partial charge < -0.3 is 23.7 Å². The molecule has 10 heteroatoms. The molecule has 71 heavy (non-hydrogen) atoms. The summed E-state index contributed by atoms with van der Waals surface area (Å²) in [6.07, 6.45) is 44.2. The summed E-state index contributed by atoms with van der Waals surface area (Å²) in [6, 6.07) is 0.390. The maximum atomic E-state index is 12.5. The smallest absolute Gasteiger partial charge is 0.306 e. The third-order valence-corrected chi connectivity index (χ3v) is 14.6. The van der Waals surface area contributed by atoms with Crippen LogP contribution in [-0.2, 0) is 35.1 Å². The van der Waals surface area contributed by atoms with Gasteiger partial charge in [-0.05, 0) is 149 Å². The lowest BCUT2D eigenvalue weighted by Crippen LogP contribution is -2.32. The summed E-state index contributed by atoms with van der Waals surface area (Å²) in [5, 5.41) is 0. The molecule has 1 aromatic heterocycles. The van der Waals surface area contributed by atoms with Crippen LogP contribution in [0.25, 0.3) is 0 Å². The Bertz CT molecular complexity index is 1320. The average Bonchev–Trinajstić information content (AvgIpc) is 3.83. The highest BCUT2D eigenvalue weighted by atomic mass is 16.6. The number of aromatic nitrogens is 2. The average molecular weight is 1000 g/mol. The van der Waals surface area contributed by atoms with Crippen LogP contribution in [0.3, 0.4) is 0 Å². The normalized spacial score (nSPS) is 13.1. The Hall–Kier alpha value is -2.46. The lowest BCUT2D eigenvalue weighted by molar-refractivity contribution is -0.150. The first-order valence-electron chi connectivity index (χ1n) is 30.6. The predicted octanol–water partition coefficient (Wildman–Crippen LogP) is 16.9. The second-order valence-corrected chi connectivity index (χ2v) is 21.5. The molecule has 0 aromatic carbocycles. The van der Waals surface area contributed by atoms with E-state index >= 15 is 0 Å². The minimum atomic E-state index is -0.0107. The summed E-state index contributed by atoms with van der Waals surface area (Å²) < 4.78 is 19.7. The number of ether oxygens (including phenoxy) is 3. The molecule has 0 aliphatic rings. The molecule has 1 rings (SSSR count). The van der Waals surface area contributed by atoms with Gasteiger partial charge in [-0.15, -0.1) is 0 Å². The van der Waals surface area contributed by atoms with Gasteiger partial charge in [0.15, 0.2) is 0 Å². The zero-order valence-corrected chi connectivity index (χ0v) is 48.1. The molecular weight excluding hydrogens is 885 g/mol. The fourth-order valence-corrected chi connectivity index (χ4v) is 9.83. The van der Waals surface area contributed by atoms with Crippen LogP contribution < -0.4 is 0 Å². The van der Waals surface area contributed by atoms with E-state index in [9.17, 15) is 14.4 Å². The molecule has 0 radical (unpaired) electrons. The van der Waals surface area contributed by atoms with Gasteiger partial charge in [-0.1, -0.05) is 157 Å². The van der Waals surface area contributed by atoms with Crippen LogP contribution in [0.1, 0.15) is 305 Å². The summed E-state index contributed by atoms with van der Waals surface area (Å²) in [4.78, 5) is 47.7. The fraction of sp³-hybridized carbons (Fsp3) is 0.902. The van der Waals surface area contributed by atoms with Crippen LogP contribution in [0, 0.1) is 0 Å². The Kier molecular flexibility index (Phi) is 44.3. The molecule has 0 fully saturated rings. The first-order chi connectivity index (χ1) is 34.6. The first-order valence-corrected chi connectivity index (χ1v) is 30.6. The molecule has 0 amide bonds. The Morgan fingerprint density at radius 2 is 0.761 bits per heavy atom. The molecule has 0 saturated carbocycles. The second-order valence-electron chi connectivity index (χ2n) is 21.5. The van der Waals surface area contributed by atoms with Gasteiger partial charge in [0.1, 0.15) is 24.1 Å². The van der Waals surface area contributed by atoms with Crippen molar-refractivity contribution in [1.29, 1.82) is 0 Å². The van der Waals surface area contributed by atoms with Crippen molar-refractivity contribution in [3.63, 3.8) is 0 Å². The molecule has 0 spiro atoms. The van der Waals surface area contributed by atoms with Crippen LogP contribution in [-0.4, -0.2) is 88.3 Å². The van der Waals surface area contributed by atoms with Gasteiger partial charge in [-0.2, -0.15) is 0 Å². The number of hydrogen-bond donors (Lipinski definition) is 0. The third kappa shape index (κ3) is 37.9. The number of carbonyl (C=O) groups excluding carboxylic acids is 3. The number of hydrogen-bond acceptors (Lipinski definition) is 9. The minimum absolute atomic E-state index is 0.00782. The largest absolute Gasteiger partial charge is 0.462 e. The number of rotatable bonds is 52. The Morgan fingerprint density at radius 1 is 0.437 bits per heavy atom. The van der Waals surface area contributed by atoms with E-state index in [4.69, 9.17) is 19.2 Å². The highest BCUT2D eigenvalue weighted by molar-refractivity contribution is 5.70. The van der Waals surface area contributed by atoms with E-state index in [0.29, 0.717) is 25.3 Å². The van der Waals surface area contributed by atoms with Crippen molar-refractivity contribution in [1.82, 2.24) is 19.4 Å². The topological polar surface area (TPSA) is 103 Å². The van der Waals surface area contributed by atoms with Crippen molar-refractivity contribution >= 4 is 17.9 Å². The molecule has 0 saturated heterocycles. The fourth-order valence-electron chi connectivity index (χ4n) is 9.83. The Morgan fingerprint density at radius 3 is 1.11 bits per heavy atom. The summed E-state index contributed by atoms with van der Waals surface area (Å²) in [6.45, 7) is 24.0. The zero-order valence-electron chi connectivity index (χ0n) is 48.1. The molecular formula is C61H116N4O6. The van der Waals surface area contributed by atoms with Crippen LogP contribution >= 0.6 is 0 Å². The minimum Gasteiger partial charge on any atom is -0.462 e. The maximum Gasteiger partial charge on any atom is 0.306 e. The van der Waals surface area contributed by atoms with Gasteiger partial charge in [0.05, 0.1) is 6.54 Å². The highest BCUT2D eigenvalue weighted by Gasteiger charge is 2.17. The van der Waals surface area contributed by atoms with E-state index in [0.717, 1.165) is 148 Å². The molecule has 416 valence electrons. The van der Waals surface area contributed by atoms with Gasteiger partial charge >= 0.3 is 17.9 Å². The molecule has 0 N–H and O–H groups in total. The van der Waals surface area contributed by atoms with Crippen LogP contribution in [0.5, 0.6) is 0 Å². The van der Waals surface area contributed by atoms with E-state index in [-0.39, 0.29) is 36.2 Å². The van der Waals surface area contributed by atoms with E-state index in [1.54, 1.807) is 0 Å². The lowest BCUT2D eigenvalue weighted by atomic mass is 10.1. The molecule has 0 bridgehead atoms. The highest BCUT2D eigenvalue weighted by Crippen LogP contribution is 2.19. The van der Waals surface area contributed by atoms with Gasteiger partial charge in [0.25, 0.3) is 0 Å². The molecule has 3 unspecified atom stereocenters. The SMILES string of the molecule is CCCCCC(CC)OC(=O)CCCCCCCCN(CCCCCCCCC(=O)OC(CC)CCCCC)CCCN(CCCCCCCCC(=O)OC(CC)CCCCC)Cc1nccn1C(C)C. The summed E-state index contributed by atoms with van der Waals surface area (Å²) in [5.74, 6) is 1.13. The van der Waals surface area contributed by atoms with Crippen LogP contribution in [0.15, 0.2) is 12.4 Å². The Labute approximate surface area is 439 Å². The molecule has 3 atom stereocenters. The zero-order chi connectivity index (χ0) is 52.0. The van der Waals surface area contributed by atoms with Gasteiger partial charge in [0, 0.05) is 37.7 Å². The Balaban J connectivity index is 2.66. The van der Waals surface area contributed by atoms with Crippen molar-refractivity contribution < 1.29 is 28.6 Å². The molecule has 1 heterocycles. The maximum absolute atomic E-state index is 12.5. The third-order valence-electron chi connectivity index (χ3n) is 14.6. The number of carbonyl (C=O) groups is 3. The molecule has 10 nitrogen and oxygen atoms in total. The van der Waals surface area contributed by atoms with E-state index < -0.39 is 0 Å². The van der Waals surface area contributed by atoms with Gasteiger partial charge in [-0.25, -0.2) is 4.98 Å². The summed E-state index contributed by atoms with van der Waals surface area (Å²) >= 11 is 0. The van der Waals surface area contributed by atoms with Crippen LogP contribution in [0.4, 0.5) is 0 Å². The molecule has 0 aliphatic heterocycles. The first kappa shape index (κ1) is 66.6. The quantitative estimate of drug-likeness (QED) is 0.0358. The van der Waals surface area contributed by atoms with E-state index in [1.807, 2.05) is 6.20 Å². The standard InChI is InChI=1S/C61H116N4O6/c1-9-15-30-40-55(12-4)69-59(66)43-33-24-18-21-27-36-47-63(48-37-28-22-19-25-34-44-60(67)70-56(13-5)41-31-16-10-2)50-39-51-64(53-58-62-46-52-65(58)54(7)8)49-38-29-23-20-26-35-45-61(68)71-57(14-6)42-32-17-11-3/h46,52,54-57H,9-45,47-51,53H2,1-8H3. The predicted molar refractivity (Wildman–Crippen MR) is 299 cm³/mol. The molecule has 0 aliphatic carbocycles. The lowest BCUT2D eigenvalue weighted by Gasteiger charge is -2.26.